The number of hydrogen-bond acceptors (Lipinski definition) is 21. The zero-order chi connectivity index (χ0) is 75.3. The maximum absolute atomic E-state index is 15.9. The van der Waals surface area contributed by atoms with Crippen LogP contribution >= 0.6 is 11.6 Å². The van der Waals surface area contributed by atoms with E-state index in [0.717, 1.165) is 13.8 Å². The molecule has 2 bridgehead atoms. The fourth-order valence-corrected chi connectivity index (χ4v) is 14.1. The fourth-order valence-electron chi connectivity index (χ4n) is 14.0. The molecule has 0 radical (unpaired) electrons. The Kier molecular flexibility index (Phi) is 25.7. The van der Waals surface area contributed by atoms with Crippen LogP contribution in [0.1, 0.15) is 144 Å². The molecule has 4 aliphatic rings. The highest BCUT2D eigenvalue weighted by atomic mass is 35.5. The van der Waals surface area contributed by atoms with Gasteiger partial charge in [0.25, 0.3) is 5.91 Å². The molecule has 2 unspecified atom stereocenters. The number of ether oxygens (including phenoxy) is 6. The van der Waals surface area contributed by atoms with Crippen LogP contribution in [0.2, 0.25) is 5.02 Å². The van der Waals surface area contributed by atoms with Crippen molar-refractivity contribution in [2.75, 3.05) is 13.2 Å². The Morgan fingerprint density at radius 3 is 1.92 bits per heavy atom. The molecule has 3 fully saturated rings. The zero-order valence-corrected chi connectivity index (χ0v) is 58.7. The molecular formula is C74H86ClN7O21. The predicted molar refractivity (Wildman–Crippen MR) is 367 cm³/mol. The molecular weight excluding hydrogens is 1360 g/mol. The number of hydrogen-bond donors (Lipinski definition) is 9. The van der Waals surface area contributed by atoms with E-state index in [1.807, 2.05) is 0 Å². The predicted octanol–water partition coefficient (Wildman–Crippen LogP) is 3.95. The number of nitrogens with one attached hydrogen (secondary N) is 5. The molecule has 7 amide bonds. The molecule has 0 spiro atoms. The highest BCUT2D eigenvalue weighted by molar-refractivity contribution is 6.30. The zero-order valence-electron chi connectivity index (χ0n) is 57.9. The highest BCUT2D eigenvalue weighted by Crippen LogP contribution is 2.64. The molecule has 4 aromatic carbocycles. The molecule has 2 saturated carbocycles. The first kappa shape index (κ1) is 78.6. The summed E-state index contributed by atoms with van der Waals surface area (Å²) in [5.41, 5.74) is 3.57. The SMILES string of the molecule is CC(=O)O[C@H]1C(=O)[C@@]2(C)[C@H]([C@H](OC(=O)c3ccccc3)[C@]3(O)C[C@H](OC(=O)[C@H](OC(=O)CCC(=O)NCCCCC(NC(=O)CC[C@H](NC(=O)C(C)NC(=O)/C=C/c4ccc(Cl)cc4)C(N)=O)C(N)=O)[C@@H](NC(=O)c4ccccc4)c4ccccc4)C(C)=C1C3(C)C)[C@]1(OC(C)=O)CO[C@@H]1C[C@@H]2O. The second kappa shape index (κ2) is 33.8. The number of Topliss-reactive ketones (excluding diaryl/α,β-unsaturated/α-hetero) is 1. The smallest absolute Gasteiger partial charge is 0.350 e. The van der Waals surface area contributed by atoms with Crippen molar-refractivity contribution in [3.63, 3.8) is 0 Å². The van der Waals surface area contributed by atoms with Crippen molar-refractivity contribution in [3.8, 4) is 0 Å². The van der Waals surface area contributed by atoms with Crippen LogP contribution in [0, 0.1) is 16.7 Å². The summed E-state index contributed by atoms with van der Waals surface area (Å²) in [6.45, 7) is 8.90. The number of carbonyl (C=O) groups is 13. The van der Waals surface area contributed by atoms with Crippen LogP contribution in [0.5, 0.6) is 0 Å². The minimum Gasteiger partial charge on any atom is -0.455 e. The Hall–Kier alpha value is -10.2. The summed E-state index contributed by atoms with van der Waals surface area (Å²) in [6.07, 6.45) is -10.3. The number of unbranched alkanes of at least 4 members (excludes halogenated alkanes) is 1. The Morgan fingerprint density at radius 2 is 1.33 bits per heavy atom. The number of carbonyl (C=O) groups excluding carboxylic acids is 13. The summed E-state index contributed by atoms with van der Waals surface area (Å²) >= 11 is 5.90. The molecule has 550 valence electrons. The number of aliphatic hydroxyl groups is 2. The molecule has 28 nitrogen and oxygen atoms in total. The van der Waals surface area contributed by atoms with Gasteiger partial charge in [-0.1, -0.05) is 104 Å². The monoisotopic (exact) mass is 1440 g/mol. The lowest BCUT2D eigenvalue weighted by Gasteiger charge is -2.67. The number of rotatable bonds is 30. The minimum atomic E-state index is -2.57. The molecule has 1 heterocycles. The van der Waals surface area contributed by atoms with E-state index in [1.165, 1.54) is 83.2 Å². The lowest BCUT2D eigenvalue weighted by atomic mass is 9.44. The molecule has 103 heavy (non-hydrogen) atoms. The number of esters is 5. The molecule has 1 aliphatic heterocycles. The van der Waals surface area contributed by atoms with Gasteiger partial charge in [-0.05, 0) is 111 Å². The van der Waals surface area contributed by atoms with Gasteiger partial charge in [-0.25, -0.2) is 9.59 Å². The van der Waals surface area contributed by atoms with Crippen LogP contribution in [-0.4, -0.2) is 166 Å². The van der Waals surface area contributed by atoms with Crippen molar-refractivity contribution in [2.24, 2.45) is 28.2 Å². The van der Waals surface area contributed by atoms with Gasteiger partial charge in [0.1, 0.15) is 48.1 Å². The van der Waals surface area contributed by atoms with Gasteiger partial charge in [-0.3, -0.25) is 52.7 Å². The molecule has 3 aliphatic carbocycles. The van der Waals surface area contributed by atoms with Crippen LogP contribution in [0.3, 0.4) is 0 Å². The summed E-state index contributed by atoms with van der Waals surface area (Å²) in [4.78, 5) is 178. The number of nitrogens with two attached hydrogens (primary N) is 2. The molecule has 11 N–H and O–H groups in total. The third-order valence-electron chi connectivity index (χ3n) is 19.6. The van der Waals surface area contributed by atoms with Gasteiger partial charge in [-0.15, -0.1) is 0 Å². The van der Waals surface area contributed by atoms with Crippen LogP contribution < -0.4 is 38.1 Å². The molecule has 0 aromatic heterocycles. The first-order valence-electron chi connectivity index (χ1n) is 33.6. The first-order valence-corrected chi connectivity index (χ1v) is 34.0. The van der Waals surface area contributed by atoms with Crippen molar-refractivity contribution in [2.45, 2.75) is 178 Å². The molecule has 14 atom stereocenters. The van der Waals surface area contributed by atoms with Crippen molar-refractivity contribution in [1.29, 1.82) is 0 Å². The number of ketones is 1. The minimum absolute atomic E-state index is 0.00224. The number of benzene rings is 4. The van der Waals surface area contributed by atoms with Crippen LogP contribution in [0.4, 0.5) is 0 Å². The molecule has 1 saturated heterocycles. The van der Waals surface area contributed by atoms with Crippen molar-refractivity contribution in [1.82, 2.24) is 26.6 Å². The van der Waals surface area contributed by atoms with Gasteiger partial charge in [0.15, 0.2) is 17.5 Å². The van der Waals surface area contributed by atoms with Gasteiger partial charge in [-0.2, -0.15) is 0 Å². The quantitative estimate of drug-likeness (QED) is 0.0117. The Morgan fingerprint density at radius 1 is 0.718 bits per heavy atom. The van der Waals surface area contributed by atoms with Crippen LogP contribution in [-0.2, 0) is 81.2 Å². The highest BCUT2D eigenvalue weighted by Gasteiger charge is 2.78. The molecule has 8 rings (SSSR count). The summed E-state index contributed by atoms with van der Waals surface area (Å²) in [5, 5.41) is 39.8. The van der Waals surface area contributed by atoms with Crippen molar-refractivity contribution in [3.05, 3.63) is 160 Å². The third-order valence-corrected chi connectivity index (χ3v) is 19.8. The van der Waals surface area contributed by atoms with Gasteiger partial charge in [0.2, 0.25) is 41.5 Å². The van der Waals surface area contributed by atoms with E-state index in [9.17, 15) is 63.0 Å². The van der Waals surface area contributed by atoms with Crippen LogP contribution in [0.25, 0.3) is 6.08 Å². The van der Waals surface area contributed by atoms with Gasteiger partial charge in [0, 0.05) is 68.2 Å². The summed E-state index contributed by atoms with van der Waals surface area (Å²) in [7, 11) is 0. The van der Waals surface area contributed by atoms with E-state index in [4.69, 9.17) is 51.5 Å². The van der Waals surface area contributed by atoms with E-state index in [-0.39, 0.29) is 72.9 Å². The van der Waals surface area contributed by atoms with Crippen LogP contribution in [0.15, 0.2) is 132 Å². The average Bonchev–Trinajstić information content (AvgIpc) is 0.669. The van der Waals surface area contributed by atoms with Crippen molar-refractivity contribution < 1.29 is 101 Å². The lowest BCUT2D eigenvalue weighted by molar-refractivity contribution is -0.346. The lowest BCUT2D eigenvalue weighted by Crippen LogP contribution is -2.82. The molecule has 29 heteroatoms. The molecule has 4 aromatic rings. The standard InChI is InChI=1S/C74H86ClN7O21/c1-40-51(38-74(97)64(102-69(95)47-23-15-10-16-24-47)62-72(7,52(85)37-53-73(62,39-98-53)103-43(4)84)63(90)60(99-42(3)83)58(40)71(74,5)6)100-70(96)61(59(45-19-11-8-12-20-45)82-68(94)46-21-13-9-14-22-46)101-57(89)35-34-54(86)78-36-18-17-25-49(65(76)91)80-56(88)33-31-50(66(77)92)81-67(93)41(2)79-55(87)32-28-44-26-29-48(75)30-27-44/h8-16,19-24,26-30,32,41,49-53,59-62,64,85,97H,17-18,25,31,33-39H2,1-7H3,(H2,76,91)(H2,77,92)(H,78,86)(H,79,87)(H,80,88)(H,81,93)(H,82,94)/b32-28+/t41?,49?,50-,51-,52-,53+,59-,60+,61+,62-,64-,72+,73-,74+/m0/s1. The normalized spacial score (nSPS) is 24.5. The maximum Gasteiger partial charge on any atom is 0.350 e. The average molecular weight is 1440 g/mol. The fraction of sp³-hybridized carbons (Fsp3) is 0.446. The first-order chi connectivity index (χ1) is 48.7. The van der Waals surface area contributed by atoms with Gasteiger partial charge < -0.3 is 76.7 Å². The topological polar surface area (TPSA) is 430 Å². The summed E-state index contributed by atoms with van der Waals surface area (Å²) in [6, 6.07) is 24.7. The van der Waals surface area contributed by atoms with E-state index in [2.05, 4.69) is 26.6 Å². The van der Waals surface area contributed by atoms with E-state index in [0.29, 0.717) is 10.6 Å². The van der Waals surface area contributed by atoms with Gasteiger partial charge in [0.05, 0.1) is 36.0 Å². The number of amides is 7. The van der Waals surface area contributed by atoms with Crippen molar-refractivity contribution >= 4 is 94.7 Å². The number of halogens is 1. The Balaban J connectivity index is 0.982. The third kappa shape index (κ3) is 18.2. The van der Waals surface area contributed by atoms with Gasteiger partial charge >= 0.3 is 29.8 Å². The number of primary amides is 2. The maximum atomic E-state index is 15.9. The van der Waals surface area contributed by atoms with E-state index >= 15 is 9.59 Å². The Bertz CT molecular complexity index is 3930. The largest absolute Gasteiger partial charge is 0.455 e. The summed E-state index contributed by atoms with van der Waals surface area (Å²) < 4.78 is 37.0. The second-order valence-electron chi connectivity index (χ2n) is 26.8. The Labute approximate surface area is 599 Å². The van der Waals surface area contributed by atoms with E-state index < -0.39 is 192 Å². The number of fused-ring (bicyclic) bond motifs is 5. The second-order valence-corrected chi connectivity index (χ2v) is 27.2. The summed E-state index contributed by atoms with van der Waals surface area (Å²) in [5.74, 6) is -13.4. The number of aliphatic hydroxyl groups excluding tert-OH is 1. The van der Waals surface area contributed by atoms with E-state index in [1.54, 1.807) is 78.9 Å².